The van der Waals surface area contributed by atoms with Crippen LogP contribution in [-0.2, 0) is 31.8 Å². The molecule has 0 saturated carbocycles. The van der Waals surface area contributed by atoms with E-state index in [1.807, 2.05) is 18.2 Å². The molecule has 2 aromatic rings. The molecule has 0 spiro atoms. The zero-order chi connectivity index (χ0) is 23.8. The molecular weight excluding hydrogens is 449 g/mol. The van der Waals surface area contributed by atoms with Gasteiger partial charge in [0.05, 0.1) is 5.69 Å². The first-order valence-electron chi connectivity index (χ1n) is 10.2. The fraction of sp³-hybridized carbons (Fsp3) is 0.227. The van der Waals surface area contributed by atoms with E-state index in [4.69, 9.17) is 15.5 Å². The summed E-state index contributed by atoms with van der Waals surface area (Å²) in [5.74, 6) is -1.47. The van der Waals surface area contributed by atoms with Crippen molar-refractivity contribution in [1.82, 2.24) is 5.32 Å². The molecule has 0 fully saturated rings. The van der Waals surface area contributed by atoms with Gasteiger partial charge in [-0.15, -0.1) is 0 Å². The van der Waals surface area contributed by atoms with Crippen molar-refractivity contribution in [2.75, 3.05) is 4.90 Å². The van der Waals surface area contributed by atoms with E-state index in [-0.39, 0.29) is 11.7 Å². The fourth-order valence-corrected chi connectivity index (χ4v) is 4.56. The summed E-state index contributed by atoms with van der Waals surface area (Å²) in [6.07, 6.45) is 4.04. The molecule has 11 heteroatoms. The minimum atomic E-state index is -4.65. The van der Waals surface area contributed by atoms with Crippen LogP contribution in [0.5, 0.6) is 5.75 Å². The summed E-state index contributed by atoms with van der Waals surface area (Å²) in [6, 6.07) is 9.83. The Morgan fingerprint density at radius 2 is 1.85 bits per heavy atom. The van der Waals surface area contributed by atoms with Crippen molar-refractivity contribution in [3.8, 4) is 5.75 Å². The topological polar surface area (TPSA) is 159 Å². The number of primary amides is 1. The van der Waals surface area contributed by atoms with E-state index >= 15 is 0 Å². The Kier molecular flexibility index (Phi) is 6.07. The molecule has 5 N–H and O–H groups in total. The first-order valence-corrected chi connectivity index (χ1v) is 11.7. The van der Waals surface area contributed by atoms with Gasteiger partial charge in [-0.25, -0.2) is 4.57 Å². The standard InChI is InChI=1S/C22H22N3O7P/c23-21(27)18-12-15-3-1-2-14-7-10-17(22(28)25(18)20(14)15)24-19(26)11-6-13-4-8-16(9-5-13)32-33(29,30)31/h1-6,8-9,11,17-18H,7,10,12H2,(H2,23,27)(H,24,26)(H2,29,30,31)/b11-6+/t17-,18-/m0/s1. The Balaban J connectivity index is 1.46. The summed E-state index contributed by atoms with van der Waals surface area (Å²) in [4.78, 5) is 56.8. The average Bonchev–Trinajstić information content (AvgIpc) is 3.09. The number of para-hydroxylation sites is 1. The molecule has 33 heavy (non-hydrogen) atoms. The SMILES string of the molecule is NC(=O)[C@@H]1Cc2cccc3c2N1C(=O)[C@@H](NC(=O)/C=C/c1ccc(OP(=O)(O)O)cc1)CC3. The second-order valence-corrected chi connectivity index (χ2v) is 9.00. The number of hydrogen-bond acceptors (Lipinski definition) is 5. The molecule has 0 bridgehead atoms. The predicted molar refractivity (Wildman–Crippen MR) is 119 cm³/mol. The van der Waals surface area contributed by atoms with Gasteiger partial charge < -0.3 is 15.6 Å². The Bertz CT molecular complexity index is 1190. The van der Waals surface area contributed by atoms with E-state index in [0.717, 1.165) is 16.8 Å². The lowest BCUT2D eigenvalue weighted by Crippen LogP contribution is -2.53. The summed E-state index contributed by atoms with van der Waals surface area (Å²) < 4.78 is 15.3. The number of amides is 3. The van der Waals surface area contributed by atoms with E-state index in [1.165, 1.54) is 41.3 Å². The molecule has 172 valence electrons. The summed E-state index contributed by atoms with van der Waals surface area (Å²) in [6.45, 7) is 0. The number of anilines is 1. The number of benzene rings is 2. The number of hydrogen-bond donors (Lipinski definition) is 4. The molecule has 2 atom stereocenters. The zero-order valence-corrected chi connectivity index (χ0v) is 18.3. The van der Waals surface area contributed by atoms with Gasteiger partial charge in [0.2, 0.25) is 17.7 Å². The number of carbonyl (C=O) groups excluding carboxylic acids is 3. The highest BCUT2D eigenvalue weighted by Gasteiger charge is 2.43. The number of carbonyl (C=O) groups is 3. The molecule has 0 unspecified atom stereocenters. The third-order valence-electron chi connectivity index (χ3n) is 5.58. The van der Waals surface area contributed by atoms with Crippen molar-refractivity contribution < 1.29 is 33.3 Å². The Morgan fingerprint density at radius 3 is 2.52 bits per heavy atom. The van der Waals surface area contributed by atoms with E-state index < -0.39 is 31.7 Å². The van der Waals surface area contributed by atoms with Crippen LogP contribution >= 0.6 is 7.82 Å². The summed E-state index contributed by atoms with van der Waals surface area (Å²) in [7, 11) is -4.65. The van der Waals surface area contributed by atoms with Gasteiger partial charge in [0.1, 0.15) is 17.8 Å². The van der Waals surface area contributed by atoms with E-state index in [1.54, 1.807) is 0 Å². The van der Waals surface area contributed by atoms with Crippen molar-refractivity contribution in [2.45, 2.75) is 31.3 Å². The Hall–Kier alpha value is -3.46. The van der Waals surface area contributed by atoms with Gasteiger partial charge in [-0.2, -0.15) is 0 Å². The van der Waals surface area contributed by atoms with Crippen LogP contribution in [0.3, 0.4) is 0 Å². The van der Waals surface area contributed by atoms with E-state index in [2.05, 4.69) is 9.84 Å². The summed E-state index contributed by atoms with van der Waals surface area (Å²) >= 11 is 0. The van der Waals surface area contributed by atoms with Crippen molar-refractivity contribution in [3.05, 3.63) is 65.2 Å². The van der Waals surface area contributed by atoms with E-state index in [0.29, 0.717) is 24.8 Å². The highest BCUT2D eigenvalue weighted by molar-refractivity contribution is 7.46. The maximum Gasteiger partial charge on any atom is 0.524 e. The number of nitrogens with one attached hydrogen (secondary N) is 1. The lowest BCUT2D eigenvalue weighted by atomic mass is 10.0. The Labute approximate surface area is 189 Å². The molecule has 0 aliphatic carbocycles. The number of phosphoric ester groups is 1. The lowest BCUT2D eigenvalue weighted by molar-refractivity contribution is -0.127. The summed E-state index contributed by atoms with van der Waals surface area (Å²) in [5, 5.41) is 2.71. The first-order chi connectivity index (χ1) is 15.6. The monoisotopic (exact) mass is 471 g/mol. The molecule has 2 aromatic carbocycles. The van der Waals surface area contributed by atoms with Crippen LogP contribution in [0.1, 0.15) is 23.1 Å². The second kappa shape index (κ2) is 8.82. The highest BCUT2D eigenvalue weighted by atomic mass is 31.2. The van der Waals surface area contributed by atoms with Crippen LogP contribution in [0.2, 0.25) is 0 Å². The van der Waals surface area contributed by atoms with Crippen LogP contribution in [0.15, 0.2) is 48.5 Å². The minimum absolute atomic E-state index is 0.0115. The van der Waals surface area contributed by atoms with Gasteiger partial charge in [0, 0.05) is 12.5 Å². The second-order valence-electron chi connectivity index (χ2n) is 7.84. The molecule has 0 aromatic heterocycles. The molecule has 2 aliphatic rings. The van der Waals surface area contributed by atoms with Crippen molar-refractivity contribution in [3.63, 3.8) is 0 Å². The number of aryl methyl sites for hydroxylation is 1. The van der Waals surface area contributed by atoms with Crippen LogP contribution in [-0.4, -0.2) is 39.6 Å². The minimum Gasteiger partial charge on any atom is -0.404 e. The molecular formula is C22H22N3O7P. The third-order valence-corrected chi connectivity index (χ3v) is 6.03. The van der Waals surface area contributed by atoms with Gasteiger partial charge in [-0.05, 0) is 47.7 Å². The largest absolute Gasteiger partial charge is 0.524 e. The van der Waals surface area contributed by atoms with Crippen molar-refractivity contribution >= 4 is 37.3 Å². The number of nitrogens with two attached hydrogens (primary N) is 1. The maximum atomic E-state index is 13.3. The number of phosphoric acid groups is 1. The van der Waals surface area contributed by atoms with Crippen molar-refractivity contribution in [2.24, 2.45) is 5.73 Å². The third kappa shape index (κ3) is 4.98. The molecule has 3 amide bonds. The van der Waals surface area contributed by atoms with Gasteiger partial charge in [-0.1, -0.05) is 30.3 Å². The van der Waals surface area contributed by atoms with Crippen LogP contribution in [0, 0.1) is 0 Å². The lowest BCUT2D eigenvalue weighted by Gasteiger charge is -2.26. The quantitative estimate of drug-likeness (QED) is 0.362. The molecule has 0 radical (unpaired) electrons. The van der Waals surface area contributed by atoms with Crippen LogP contribution in [0.25, 0.3) is 6.08 Å². The Morgan fingerprint density at radius 1 is 1.15 bits per heavy atom. The predicted octanol–water partition coefficient (Wildman–Crippen LogP) is 1.05. The number of rotatable bonds is 6. The molecule has 0 saturated heterocycles. The normalized spacial score (nSPS) is 19.8. The van der Waals surface area contributed by atoms with Gasteiger partial charge in [0.25, 0.3) is 0 Å². The van der Waals surface area contributed by atoms with Crippen LogP contribution in [0.4, 0.5) is 5.69 Å². The molecule has 2 aliphatic heterocycles. The zero-order valence-electron chi connectivity index (χ0n) is 17.4. The van der Waals surface area contributed by atoms with E-state index in [9.17, 15) is 18.9 Å². The summed E-state index contributed by atoms with van der Waals surface area (Å²) in [5.41, 5.74) is 8.68. The van der Waals surface area contributed by atoms with Gasteiger partial charge in [0.15, 0.2) is 0 Å². The first kappa shape index (κ1) is 22.7. The van der Waals surface area contributed by atoms with Gasteiger partial charge >= 0.3 is 7.82 Å². The molecule has 2 heterocycles. The van der Waals surface area contributed by atoms with Crippen molar-refractivity contribution in [1.29, 1.82) is 0 Å². The highest BCUT2D eigenvalue weighted by Crippen LogP contribution is 2.39. The van der Waals surface area contributed by atoms with Gasteiger partial charge in [-0.3, -0.25) is 29.1 Å². The fourth-order valence-electron chi connectivity index (χ4n) is 4.16. The molecule has 4 rings (SSSR count). The van der Waals surface area contributed by atoms with Crippen LogP contribution < -0.4 is 20.5 Å². The average molecular weight is 471 g/mol. The maximum absolute atomic E-state index is 13.3. The number of nitrogens with zero attached hydrogens (tertiary/aromatic N) is 1. The smallest absolute Gasteiger partial charge is 0.404 e. The molecule has 10 nitrogen and oxygen atoms in total.